The zero-order chi connectivity index (χ0) is 15.5. The molecule has 110 valence electrons. The number of aliphatic hydroxyl groups is 1. The standard InChI is InChI=1S/C12H17N3O5/c1-8(16)12(2,3)13-7-9-4-5-10(14(17)18)6-11(9)15(19)20/h4-6,8,13,16H,7H2,1-3H3. The van der Waals surface area contributed by atoms with E-state index in [4.69, 9.17) is 0 Å². The highest BCUT2D eigenvalue weighted by Gasteiger charge is 2.25. The molecule has 0 amide bonds. The normalized spacial score (nSPS) is 13.0. The molecule has 2 N–H and O–H groups in total. The first kappa shape index (κ1) is 16.0. The van der Waals surface area contributed by atoms with Crippen LogP contribution in [0.2, 0.25) is 0 Å². The molecule has 1 rings (SSSR count). The van der Waals surface area contributed by atoms with Gasteiger partial charge in [-0.2, -0.15) is 0 Å². The van der Waals surface area contributed by atoms with Crippen LogP contribution in [-0.4, -0.2) is 26.6 Å². The third-order valence-corrected chi connectivity index (χ3v) is 3.26. The summed E-state index contributed by atoms with van der Waals surface area (Å²) < 4.78 is 0. The van der Waals surface area contributed by atoms with Crippen LogP contribution >= 0.6 is 0 Å². The Kier molecular flexibility index (Phi) is 4.74. The Morgan fingerprint density at radius 2 is 1.90 bits per heavy atom. The number of hydrogen-bond donors (Lipinski definition) is 2. The van der Waals surface area contributed by atoms with Gasteiger partial charge >= 0.3 is 0 Å². The zero-order valence-corrected chi connectivity index (χ0v) is 11.5. The van der Waals surface area contributed by atoms with Crippen molar-refractivity contribution in [2.75, 3.05) is 0 Å². The monoisotopic (exact) mass is 283 g/mol. The Morgan fingerprint density at radius 3 is 2.35 bits per heavy atom. The van der Waals surface area contributed by atoms with Crippen molar-refractivity contribution in [3.8, 4) is 0 Å². The molecule has 0 saturated heterocycles. The molecule has 20 heavy (non-hydrogen) atoms. The van der Waals surface area contributed by atoms with Crippen molar-refractivity contribution < 1.29 is 15.0 Å². The maximum Gasteiger partial charge on any atom is 0.280 e. The summed E-state index contributed by atoms with van der Waals surface area (Å²) in [6.45, 7) is 5.26. The minimum Gasteiger partial charge on any atom is -0.392 e. The maximum absolute atomic E-state index is 11.0. The summed E-state index contributed by atoms with van der Waals surface area (Å²) in [5.41, 5.74) is -0.937. The molecule has 0 spiro atoms. The number of hydrogen-bond acceptors (Lipinski definition) is 6. The lowest BCUT2D eigenvalue weighted by Gasteiger charge is -2.29. The lowest BCUT2D eigenvalue weighted by atomic mass is 9.98. The van der Waals surface area contributed by atoms with E-state index in [2.05, 4.69) is 5.32 Å². The van der Waals surface area contributed by atoms with Crippen molar-refractivity contribution in [2.45, 2.75) is 39.0 Å². The second-order valence-corrected chi connectivity index (χ2v) is 5.08. The van der Waals surface area contributed by atoms with E-state index in [1.165, 1.54) is 12.1 Å². The van der Waals surface area contributed by atoms with Crippen molar-refractivity contribution in [2.24, 2.45) is 0 Å². The molecule has 1 aromatic rings. The lowest BCUT2D eigenvalue weighted by Crippen LogP contribution is -2.47. The lowest BCUT2D eigenvalue weighted by molar-refractivity contribution is -0.394. The van der Waals surface area contributed by atoms with Gasteiger partial charge in [0.2, 0.25) is 0 Å². The summed E-state index contributed by atoms with van der Waals surface area (Å²) in [7, 11) is 0. The number of benzene rings is 1. The largest absolute Gasteiger partial charge is 0.392 e. The number of nitrogens with zero attached hydrogens (tertiary/aromatic N) is 2. The fraction of sp³-hybridized carbons (Fsp3) is 0.500. The Hall–Kier alpha value is -2.06. The summed E-state index contributed by atoms with van der Waals surface area (Å²) in [5.74, 6) is 0. The molecule has 1 unspecified atom stereocenters. The number of aliphatic hydroxyl groups excluding tert-OH is 1. The minimum atomic E-state index is -0.677. The SMILES string of the molecule is CC(O)C(C)(C)NCc1ccc([N+](=O)[O-])cc1[N+](=O)[O-]. The summed E-state index contributed by atoms with van der Waals surface area (Å²) in [4.78, 5) is 20.3. The van der Waals surface area contributed by atoms with E-state index in [1.807, 2.05) is 0 Å². The predicted octanol–water partition coefficient (Wildman–Crippen LogP) is 1.75. The summed E-state index contributed by atoms with van der Waals surface area (Å²) in [6, 6.07) is 3.51. The molecule has 0 saturated carbocycles. The summed E-state index contributed by atoms with van der Waals surface area (Å²) in [5, 5.41) is 34.2. The van der Waals surface area contributed by atoms with Gasteiger partial charge in [0.1, 0.15) is 0 Å². The van der Waals surface area contributed by atoms with E-state index in [-0.39, 0.29) is 17.9 Å². The first-order chi connectivity index (χ1) is 9.15. The Labute approximate surface area is 115 Å². The van der Waals surface area contributed by atoms with Crippen LogP contribution in [0.1, 0.15) is 26.3 Å². The summed E-state index contributed by atoms with van der Waals surface area (Å²) >= 11 is 0. The highest BCUT2D eigenvalue weighted by molar-refractivity contribution is 5.49. The third-order valence-electron chi connectivity index (χ3n) is 3.26. The quantitative estimate of drug-likeness (QED) is 0.606. The van der Waals surface area contributed by atoms with E-state index in [9.17, 15) is 25.3 Å². The van der Waals surface area contributed by atoms with Gasteiger partial charge in [-0.25, -0.2) is 0 Å². The minimum absolute atomic E-state index is 0.131. The Morgan fingerprint density at radius 1 is 1.30 bits per heavy atom. The van der Waals surface area contributed by atoms with Crippen molar-refractivity contribution in [1.82, 2.24) is 5.32 Å². The van der Waals surface area contributed by atoms with Crippen LogP contribution in [0, 0.1) is 20.2 Å². The van der Waals surface area contributed by atoms with Gasteiger partial charge in [0.25, 0.3) is 11.4 Å². The van der Waals surface area contributed by atoms with Gasteiger partial charge in [-0.1, -0.05) is 0 Å². The number of nitrogens with one attached hydrogen (secondary N) is 1. The number of nitro groups is 2. The second kappa shape index (κ2) is 5.93. The van der Waals surface area contributed by atoms with Crippen LogP contribution in [0.4, 0.5) is 11.4 Å². The summed E-state index contributed by atoms with van der Waals surface area (Å²) in [6.07, 6.45) is -0.653. The van der Waals surface area contributed by atoms with Crippen molar-refractivity contribution >= 4 is 11.4 Å². The van der Waals surface area contributed by atoms with Gasteiger partial charge in [0, 0.05) is 23.7 Å². The topological polar surface area (TPSA) is 119 Å². The molecule has 0 fully saturated rings. The predicted molar refractivity (Wildman–Crippen MR) is 72.4 cm³/mol. The molecule has 0 heterocycles. The average molecular weight is 283 g/mol. The van der Waals surface area contributed by atoms with Gasteiger partial charge in [0.05, 0.1) is 22.0 Å². The van der Waals surface area contributed by atoms with Crippen molar-refractivity contribution in [1.29, 1.82) is 0 Å². The molecule has 0 aliphatic rings. The van der Waals surface area contributed by atoms with Gasteiger partial charge in [0.15, 0.2) is 0 Å². The van der Waals surface area contributed by atoms with E-state index < -0.39 is 21.5 Å². The van der Waals surface area contributed by atoms with Gasteiger partial charge < -0.3 is 10.4 Å². The van der Waals surface area contributed by atoms with E-state index in [0.717, 1.165) is 6.07 Å². The number of rotatable bonds is 6. The van der Waals surface area contributed by atoms with Crippen LogP contribution in [0.3, 0.4) is 0 Å². The molecule has 0 aromatic heterocycles. The van der Waals surface area contributed by atoms with Gasteiger partial charge in [-0.15, -0.1) is 0 Å². The van der Waals surface area contributed by atoms with Crippen molar-refractivity contribution in [3.05, 3.63) is 44.0 Å². The fourth-order valence-corrected chi connectivity index (χ4v) is 1.46. The molecule has 0 bridgehead atoms. The van der Waals surface area contributed by atoms with Crippen LogP contribution in [0.15, 0.2) is 18.2 Å². The molecular formula is C12H17N3O5. The molecule has 1 atom stereocenters. The second-order valence-electron chi connectivity index (χ2n) is 5.08. The average Bonchev–Trinajstić information content (AvgIpc) is 2.35. The highest BCUT2D eigenvalue weighted by Crippen LogP contribution is 2.25. The van der Waals surface area contributed by atoms with Crippen LogP contribution < -0.4 is 5.32 Å². The molecule has 0 aliphatic heterocycles. The Bertz CT molecular complexity index is 528. The van der Waals surface area contributed by atoms with Crippen LogP contribution in [0.25, 0.3) is 0 Å². The number of nitro benzene ring substituents is 2. The first-order valence-corrected chi connectivity index (χ1v) is 6.00. The zero-order valence-electron chi connectivity index (χ0n) is 11.5. The molecule has 8 heteroatoms. The molecular weight excluding hydrogens is 266 g/mol. The van der Waals surface area contributed by atoms with E-state index >= 15 is 0 Å². The molecule has 0 aliphatic carbocycles. The number of non-ortho nitro benzene ring substituents is 1. The Balaban J connectivity index is 3.01. The molecule has 8 nitrogen and oxygen atoms in total. The fourth-order valence-electron chi connectivity index (χ4n) is 1.46. The first-order valence-electron chi connectivity index (χ1n) is 6.00. The van der Waals surface area contributed by atoms with Crippen molar-refractivity contribution in [3.63, 3.8) is 0 Å². The smallest absolute Gasteiger partial charge is 0.280 e. The van der Waals surface area contributed by atoms with Gasteiger partial charge in [-0.3, -0.25) is 20.2 Å². The maximum atomic E-state index is 11.0. The van der Waals surface area contributed by atoms with Gasteiger partial charge in [-0.05, 0) is 26.8 Å². The highest BCUT2D eigenvalue weighted by atomic mass is 16.6. The van der Waals surface area contributed by atoms with E-state index in [0.29, 0.717) is 5.56 Å². The van der Waals surface area contributed by atoms with Crippen LogP contribution in [0.5, 0.6) is 0 Å². The van der Waals surface area contributed by atoms with E-state index in [1.54, 1.807) is 20.8 Å². The molecule has 0 radical (unpaired) electrons. The third kappa shape index (κ3) is 3.72. The van der Waals surface area contributed by atoms with Crippen LogP contribution in [-0.2, 0) is 6.54 Å². The molecule has 1 aromatic carbocycles.